The normalized spacial score (nSPS) is 13.0. The number of allylic oxidation sites excluding steroid dienone is 10. The number of quaternary nitrogens is 1. The van der Waals surface area contributed by atoms with Gasteiger partial charge in [0.05, 0.1) is 40.3 Å². The Morgan fingerprint density at radius 3 is 1.01 bits per heavy atom. The summed E-state index contributed by atoms with van der Waals surface area (Å²) in [5.41, 5.74) is 0. The quantitative estimate of drug-likeness (QED) is 0.0195. The molecule has 85 heavy (non-hydrogen) atoms. The highest BCUT2D eigenvalue weighted by atomic mass is 16.7. The van der Waals surface area contributed by atoms with Crippen LogP contribution in [0, 0.1) is 0 Å². The lowest BCUT2D eigenvalue weighted by Gasteiger charge is -2.26. The molecule has 0 aliphatic rings. The smallest absolute Gasteiger partial charge is 0.306 e. The number of carbonyl (C=O) groups is 3. The van der Waals surface area contributed by atoms with Crippen molar-refractivity contribution in [3.05, 3.63) is 60.8 Å². The van der Waals surface area contributed by atoms with Crippen molar-refractivity contribution < 1.29 is 42.9 Å². The van der Waals surface area contributed by atoms with Crippen LogP contribution in [0.5, 0.6) is 0 Å². The first kappa shape index (κ1) is 82.0. The Labute approximate surface area is 526 Å². The van der Waals surface area contributed by atoms with E-state index >= 15 is 0 Å². The van der Waals surface area contributed by atoms with Gasteiger partial charge in [0.1, 0.15) is 13.2 Å². The first-order valence-corrected chi connectivity index (χ1v) is 36.4. The van der Waals surface area contributed by atoms with E-state index in [1.165, 1.54) is 257 Å². The Morgan fingerprint density at radius 2 is 0.671 bits per heavy atom. The molecule has 0 aromatic rings. The van der Waals surface area contributed by atoms with Crippen LogP contribution in [-0.2, 0) is 33.3 Å². The van der Waals surface area contributed by atoms with Gasteiger partial charge in [-0.05, 0) is 77.0 Å². The molecule has 0 N–H and O–H groups in total. The monoisotopic (exact) mass is 1190 g/mol. The summed E-state index contributed by atoms with van der Waals surface area (Å²) >= 11 is 0. The number of carboxylic acid groups (broad SMARTS) is 1. The van der Waals surface area contributed by atoms with Gasteiger partial charge in [-0.3, -0.25) is 9.59 Å². The number of likely N-dealkylation sites (N-methyl/N-ethyl adjacent to an activating group) is 1. The highest BCUT2D eigenvalue weighted by Crippen LogP contribution is 2.19. The Bertz CT molecular complexity index is 1580. The number of carboxylic acids is 1. The SMILES string of the molecule is CC/C=C\C/C=C\C/C=C\C/C=C\CCCCCCCCCCCCCCCCCCCCCCCCC(=O)OC(COC(=O)CCCCCCCCCCCCCCC/C=C\CCCCCCCCCC)COC(OCC[N+](C)(C)C)C(=O)[O-]. The molecule has 9 nitrogen and oxygen atoms in total. The van der Waals surface area contributed by atoms with Crippen LogP contribution < -0.4 is 5.11 Å². The average molecular weight is 1190 g/mol. The van der Waals surface area contributed by atoms with Gasteiger partial charge >= 0.3 is 11.9 Å². The van der Waals surface area contributed by atoms with Crippen molar-refractivity contribution in [1.82, 2.24) is 0 Å². The van der Waals surface area contributed by atoms with E-state index < -0.39 is 24.3 Å². The largest absolute Gasteiger partial charge is 0.545 e. The summed E-state index contributed by atoms with van der Waals surface area (Å²) in [4.78, 5) is 37.5. The summed E-state index contributed by atoms with van der Waals surface area (Å²) in [6.45, 7) is 4.69. The zero-order valence-electron chi connectivity index (χ0n) is 56.7. The molecule has 0 aromatic heterocycles. The third-order valence-electron chi connectivity index (χ3n) is 16.2. The minimum Gasteiger partial charge on any atom is -0.545 e. The minimum atomic E-state index is -1.62. The summed E-state index contributed by atoms with van der Waals surface area (Å²) in [6.07, 6.45) is 84.6. The number of aliphatic carboxylic acids is 1. The Hall–Kier alpha value is -3.01. The fourth-order valence-corrected chi connectivity index (χ4v) is 10.7. The van der Waals surface area contributed by atoms with E-state index in [1.54, 1.807) is 0 Å². The van der Waals surface area contributed by atoms with Crippen LogP contribution in [0.1, 0.15) is 348 Å². The molecule has 0 spiro atoms. The molecule has 0 fully saturated rings. The van der Waals surface area contributed by atoms with Crippen LogP contribution in [0.25, 0.3) is 0 Å². The predicted octanol–water partition coefficient (Wildman–Crippen LogP) is 21.4. The third kappa shape index (κ3) is 68.3. The van der Waals surface area contributed by atoms with Crippen molar-refractivity contribution in [2.24, 2.45) is 0 Å². The average Bonchev–Trinajstić information content (AvgIpc) is 3.48. The van der Waals surface area contributed by atoms with Crippen molar-refractivity contribution in [2.45, 2.75) is 360 Å². The van der Waals surface area contributed by atoms with Gasteiger partial charge in [0.2, 0.25) is 0 Å². The molecule has 0 heterocycles. The fraction of sp³-hybridized carbons (Fsp3) is 0.829. The number of hydrogen-bond donors (Lipinski definition) is 0. The number of carbonyl (C=O) groups excluding carboxylic acids is 3. The number of rotatable bonds is 68. The molecule has 496 valence electrons. The summed E-state index contributed by atoms with van der Waals surface area (Å²) in [7, 11) is 5.94. The standard InChI is InChI=1S/C76H139NO8/c1-6-8-10-12-14-16-18-20-22-24-26-28-30-32-33-34-35-36-37-38-39-40-41-43-45-47-49-51-53-55-57-59-61-63-65-67-74(79)85-72(71-84-76(75(80)81)82-69-68-77(3,4)5)70-83-73(78)66-64-62-60-58-56-54-52-50-48-46-44-42-31-29-27-25-23-21-19-17-15-13-11-9-7-2/h8,10,14,16,20,22,25-28,72,76H,6-7,9,11-13,15,17-19,21,23-24,29-71H2,1-5H3/b10-8-,16-14-,22-20-,27-25-,28-26-. The van der Waals surface area contributed by atoms with Crippen molar-refractivity contribution in [3.63, 3.8) is 0 Å². The van der Waals surface area contributed by atoms with Gasteiger partial charge < -0.3 is 33.3 Å². The highest BCUT2D eigenvalue weighted by Gasteiger charge is 2.22. The lowest BCUT2D eigenvalue weighted by atomic mass is 10.0. The van der Waals surface area contributed by atoms with E-state index in [2.05, 4.69) is 74.6 Å². The molecule has 0 saturated heterocycles. The second-order valence-corrected chi connectivity index (χ2v) is 25.9. The molecular formula is C76H139NO8. The second kappa shape index (κ2) is 66.9. The molecular weight excluding hydrogens is 1050 g/mol. The molecule has 0 aliphatic heterocycles. The van der Waals surface area contributed by atoms with Crippen LogP contribution in [0.2, 0.25) is 0 Å². The van der Waals surface area contributed by atoms with E-state index in [1.807, 2.05) is 21.1 Å². The van der Waals surface area contributed by atoms with Gasteiger partial charge in [0.15, 0.2) is 12.4 Å². The number of unbranched alkanes of at least 4 members (excludes halogenated alkanes) is 43. The molecule has 0 aliphatic carbocycles. The van der Waals surface area contributed by atoms with Crippen molar-refractivity contribution >= 4 is 17.9 Å². The number of nitrogens with zero attached hydrogens (tertiary/aromatic N) is 1. The Balaban J connectivity index is 4.03. The van der Waals surface area contributed by atoms with E-state index in [9.17, 15) is 19.5 Å². The van der Waals surface area contributed by atoms with Crippen molar-refractivity contribution in [2.75, 3.05) is 47.5 Å². The fourth-order valence-electron chi connectivity index (χ4n) is 10.7. The van der Waals surface area contributed by atoms with Crippen LogP contribution in [0.15, 0.2) is 60.8 Å². The first-order valence-electron chi connectivity index (χ1n) is 36.4. The number of esters is 2. The maximum atomic E-state index is 12.9. The molecule has 2 unspecified atom stereocenters. The van der Waals surface area contributed by atoms with Gasteiger partial charge in [0.25, 0.3) is 0 Å². The Kier molecular flexibility index (Phi) is 64.6. The van der Waals surface area contributed by atoms with Gasteiger partial charge in [-0.2, -0.15) is 0 Å². The molecule has 0 saturated carbocycles. The van der Waals surface area contributed by atoms with E-state index in [-0.39, 0.29) is 32.2 Å². The zero-order chi connectivity index (χ0) is 61.9. The number of ether oxygens (including phenoxy) is 4. The second-order valence-electron chi connectivity index (χ2n) is 25.9. The predicted molar refractivity (Wildman–Crippen MR) is 362 cm³/mol. The van der Waals surface area contributed by atoms with Crippen LogP contribution in [0.3, 0.4) is 0 Å². The lowest BCUT2D eigenvalue weighted by Crippen LogP contribution is -2.44. The summed E-state index contributed by atoms with van der Waals surface area (Å²) in [6, 6.07) is 0. The number of hydrogen-bond acceptors (Lipinski definition) is 8. The lowest BCUT2D eigenvalue weighted by molar-refractivity contribution is -0.870. The Morgan fingerprint density at radius 1 is 0.365 bits per heavy atom. The summed E-state index contributed by atoms with van der Waals surface area (Å²) < 4.78 is 22.8. The molecule has 0 bridgehead atoms. The van der Waals surface area contributed by atoms with Crippen molar-refractivity contribution in [1.29, 1.82) is 0 Å². The van der Waals surface area contributed by atoms with Crippen LogP contribution in [-0.4, -0.2) is 82.3 Å². The van der Waals surface area contributed by atoms with E-state index in [0.29, 0.717) is 23.9 Å². The van der Waals surface area contributed by atoms with Gasteiger partial charge in [-0.1, -0.05) is 319 Å². The van der Waals surface area contributed by atoms with E-state index in [4.69, 9.17) is 18.9 Å². The summed E-state index contributed by atoms with van der Waals surface area (Å²) in [5.74, 6) is -2.26. The third-order valence-corrected chi connectivity index (χ3v) is 16.2. The molecule has 0 rings (SSSR count). The highest BCUT2D eigenvalue weighted by molar-refractivity contribution is 5.70. The topological polar surface area (TPSA) is 111 Å². The van der Waals surface area contributed by atoms with Gasteiger partial charge in [-0.15, -0.1) is 0 Å². The molecule has 9 heteroatoms. The van der Waals surface area contributed by atoms with Gasteiger partial charge in [-0.25, -0.2) is 0 Å². The maximum absolute atomic E-state index is 12.9. The van der Waals surface area contributed by atoms with Crippen molar-refractivity contribution in [3.8, 4) is 0 Å². The molecule has 0 aromatic carbocycles. The maximum Gasteiger partial charge on any atom is 0.306 e. The zero-order valence-corrected chi connectivity index (χ0v) is 56.7. The molecule has 0 radical (unpaired) electrons. The molecule has 2 atom stereocenters. The van der Waals surface area contributed by atoms with Crippen LogP contribution in [0.4, 0.5) is 0 Å². The van der Waals surface area contributed by atoms with Crippen LogP contribution >= 0.6 is 0 Å². The summed E-state index contributed by atoms with van der Waals surface area (Å²) in [5, 5.41) is 11.8. The molecule has 0 amide bonds. The first-order chi connectivity index (χ1) is 41.6. The van der Waals surface area contributed by atoms with E-state index in [0.717, 1.165) is 57.8 Å². The minimum absolute atomic E-state index is 0.149. The van der Waals surface area contributed by atoms with Gasteiger partial charge in [0, 0.05) is 12.8 Å².